The number of halogens is 6. The summed E-state index contributed by atoms with van der Waals surface area (Å²) in [6.07, 6.45) is -10.8. The zero-order valence-corrected chi connectivity index (χ0v) is 18.0. The van der Waals surface area contributed by atoms with Crippen molar-refractivity contribution in [3.8, 4) is 0 Å². The van der Waals surface area contributed by atoms with Crippen LogP contribution in [0.25, 0.3) is 0 Å². The van der Waals surface area contributed by atoms with Crippen LogP contribution in [-0.4, -0.2) is 50.2 Å². The van der Waals surface area contributed by atoms with Crippen molar-refractivity contribution in [2.75, 3.05) is 24.8 Å². The number of benzene rings is 2. The second-order valence-electron chi connectivity index (χ2n) is 7.74. The quantitative estimate of drug-likeness (QED) is 0.531. The van der Waals surface area contributed by atoms with E-state index in [2.05, 4.69) is 5.32 Å². The molecule has 0 radical (unpaired) electrons. The van der Waals surface area contributed by atoms with Crippen molar-refractivity contribution < 1.29 is 39.9 Å². The summed E-state index contributed by atoms with van der Waals surface area (Å²) < 4.78 is 102. The van der Waals surface area contributed by atoms with Crippen LogP contribution in [0, 0.1) is 0 Å². The van der Waals surface area contributed by atoms with Crippen molar-refractivity contribution in [1.82, 2.24) is 4.90 Å². The Balaban J connectivity index is 1.81. The van der Waals surface area contributed by atoms with E-state index in [1.54, 1.807) is 12.1 Å². The van der Waals surface area contributed by atoms with Gasteiger partial charge in [0.05, 0.1) is 10.9 Å². The maximum Gasteiger partial charge on any atom is 0.430 e. The lowest BCUT2D eigenvalue weighted by molar-refractivity contribution is -0.376. The molecule has 1 aliphatic heterocycles. The van der Waals surface area contributed by atoms with E-state index in [4.69, 9.17) is 5.73 Å². The normalized spacial score (nSPS) is 17.8. The summed E-state index contributed by atoms with van der Waals surface area (Å²) in [6.45, 7) is 0.716. The summed E-state index contributed by atoms with van der Waals surface area (Å²) in [6, 6.07) is 7.50. The number of aliphatic hydroxyl groups is 1. The number of fused-ring (bicyclic) bond motifs is 1. The van der Waals surface area contributed by atoms with Crippen molar-refractivity contribution in [3.05, 3.63) is 59.2 Å². The number of nitrogens with one attached hydrogen (secondary N) is 1. The molecule has 0 saturated heterocycles. The van der Waals surface area contributed by atoms with Crippen LogP contribution >= 0.6 is 0 Å². The highest BCUT2D eigenvalue weighted by Crippen LogP contribution is 2.50. The van der Waals surface area contributed by atoms with E-state index in [1.807, 2.05) is 4.90 Å². The van der Waals surface area contributed by atoms with Crippen LogP contribution in [0.4, 0.5) is 32.0 Å². The summed E-state index contributed by atoms with van der Waals surface area (Å²) in [5.74, 6) is 0. The summed E-state index contributed by atoms with van der Waals surface area (Å²) in [4.78, 5) is 1.99. The fraction of sp³-hybridized carbons (Fsp3) is 0.400. The molecule has 1 aliphatic rings. The third-order valence-electron chi connectivity index (χ3n) is 5.57. The lowest BCUT2D eigenvalue weighted by Crippen LogP contribution is -2.53. The van der Waals surface area contributed by atoms with Gasteiger partial charge in [0.25, 0.3) is 5.60 Å². The van der Waals surface area contributed by atoms with Crippen molar-refractivity contribution in [2.24, 2.45) is 5.73 Å². The van der Waals surface area contributed by atoms with Gasteiger partial charge in [0.2, 0.25) is 0 Å². The summed E-state index contributed by atoms with van der Waals surface area (Å²) in [5, 5.41) is 12.4. The highest BCUT2D eigenvalue weighted by Gasteiger charge is 2.71. The monoisotopic (exact) mass is 497 g/mol. The first-order chi connectivity index (χ1) is 15.1. The van der Waals surface area contributed by atoms with Crippen LogP contribution in [0.3, 0.4) is 0 Å². The Kier molecular flexibility index (Phi) is 6.48. The number of anilines is 1. The Bertz CT molecular complexity index is 1100. The van der Waals surface area contributed by atoms with E-state index in [0.29, 0.717) is 18.7 Å². The minimum absolute atomic E-state index is 0.137. The molecule has 6 nitrogen and oxygen atoms in total. The average molecular weight is 497 g/mol. The second-order valence-corrected chi connectivity index (χ2v) is 9.76. The number of nitrogens with zero attached hydrogens (tertiary/aromatic N) is 1. The zero-order chi connectivity index (χ0) is 24.8. The third kappa shape index (κ3) is 4.67. The molecule has 1 unspecified atom stereocenters. The van der Waals surface area contributed by atoms with Crippen LogP contribution in [0.15, 0.2) is 47.4 Å². The zero-order valence-electron chi connectivity index (χ0n) is 17.2. The lowest BCUT2D eigenvalue weighted by Gasteiger charge is -2.32. The molecular weight excluding hydrogens is 476 g/mol. The Morgan fingerprint density at radius 2 is 1.64 bits per heavy atom. The van der Waals surface area contributed by atoms with E-state index in [9.17, 15) is 39.9 Å². The number of alkyl halides is 6. The van der Waals surface area contributed by atoms with Gasteiger partial charge in [0.1, 0.15) is 0 Å². The molecule has 0 aromatic heterocycles. The standard InChI is InChI=1S/C20H21F6N3O3S/c1-33(31,32)15-6-7-16-12(8-15)10-29(11-27)17(16)9-28-14-4-2-13(3-5-14)18(30,19(21,22)23)20(24,25)26/h2-8,17,28,30H,9-11,27H2,1H3. The molecule has 182 valence electrons. The highest BCUT2D eigenvalue weighted by molar-refractivity contribution is 7.90. The Morgan fingerprint density at radius 1 is 1.06 bits per heavy atom. The topological polar surface area (TPSA) is 95.7 Å². The molecule has 2 aromatic rings. The average Bonchev–Trinajstić information content (AvgIpc) is 3.06. The van der Waals surface area contributed by atoms with E-state index in [-0.39, 0.29) is 29.8 Å². The number of hydrogen-bond acceptors (Lipinski definition) is 6. The first-order valence-electron chi connectivity index (χ1n) is 9.57. The summed E-state index contributed by atoms with van der Waals surface area (Å²) >= 11 is 0. The largest absolute Gasteiger partial charge is 0.430 e. The number of rotatable bonds is 6. The molecule has 4 N–H and O–H groups in total. The first-order valence-corrected chi connectivity index (χ1v) is 11.5. The Labute approximate surface area is 185 Å². The number of nitrogens with two attached hydrogens (primary N) is 1. The van der Waals surface area contributed by atoms with Gasteiger partial charge in [-0.15, -0.1) is 0 Å². The van der Waals surface area contributed by atoms with Gasteiger partial charge >= 0.3 is 12.4 Å². The molecule has 1 heterocycles. The molecular formula is C20H21F6N3O3S. The predicted octanol–water partition coefficient (Wildman–Crippen LogP) is 3.29. The Hall–Kier alpha value is -2.35. The van der Waals surface area contributed by atoms with Gasteiger partial charge in [-0.25, -0.2) is 8.42 Å². The molecule has 0 amide bonds. The maximum atomic E-state index is 13.0. The number of hydrogen-bond donors (Lipinski definition) is 3. The summed E-state index contributed by atoms with van der Waals surface area (Å²) in [7, 11) is -3.40. The van der Waals surface area contributed by atoms with E-state index in [1.165, 1.54) is 6.07 Å². The van der Waals surface area contributed by atoms with Gasteiger partial charge in [-0.2, -0.15) is 26.3 Å². The molecule has 0 aliphatic carbocycles. The molecule has 0 saturated carbocycles. The smallest absolute Gasteiger partial charge is 0.383 e. The van der Waals surface area contributed by atoms with Crippen molar-refractivity contribution in [2.45, 2.75) is 35.4 Å². The fourth-order valence-electron chi connectivity index (χ4n) is 3.76. The third-order valence-corrected chi connectivity index (χ3v) is 6.68. The van der Waals surface area contributed by atoms with Crippen LogP contribution in [0.2, 0.25) is 0 Å². The molecule has 0 spiro atoms. The van der Waals surface area contributed by atoms with Gasteiger partial charge in [0.15, 0.2) is 9.84 Å². The molecule has 13 heteroatoms. The van der Waals surface area contributed by atoms with Crippen LogP contribution in [0.1, 0.15) is 22.7 Å². The van der Waals surface area contributed by atoms with Gasteiger partial charge < -0.3 is 16.2 Å². The Morgan fingerprint density at radius 3 is 2.12 bits per heavy atom. The molecule has 1 atom stereocenters. The van der Waals surface area contributed by atoms with Crippen LogP contribution in [-0.2, 0) is 22.0 Å². The van der Waals surface area contributed by atoms with Gasteiger partial charge in [-0.05, 0) is 35.4 Å². The maximum absolute atomic E-state index is 13.0. The van der Waals surface area contributed by atoms with Gasteiger partial charge in [-0.3, -0.25) is 4.90 Å². The molecule has 0 fully saturated rings. The number of sulfone groups is 1. The second kappa shape index (κ2) is 8.46. The van der Waals surface area contributed by atoms with E-state index < -0.39 is 33.4 Å². The van der Waals surface area contributed by atoms with Crippen molar-refractivity contribution in [1.29, 1.82) is 0 Å². The van der Waals surface area contributed by atoms with Crippen molar-refractivity contribution in [3.63, 3.8) is 0 Å². The van der Waals surface area contributed by atoms with Crippen LogP contribution < -0.4 is 11.1 Å². The van der Waals surface area contributed by atoms with Crippen molar-refractivity contribution >= 4 is 15.5 Å². The molecule has 0 bridgehead atoms. The lowest BCUT2D eigenvalue weighted by atomic mass is 9.92. The van der Waals surface area contributed by atoms with E-state index in [0.717, 1.165) is 29.5 Å². The minimum atomic E-state index is -5.96. The van der Waals surface area contributed by atoms with Gasteiger partial charge in [-0.1, -0.05) is 18.2 Å². The molecule has 3 rings (SSSR count). The minimum Gasteiger partial charge on any atom is -0.383 e. The molecule has 33 heavy (non-hydrogen) atoms. The van der Waals surface area contributed by atoms with E-state index >= 15 is 0 Å². The molecule has 2 aromatic carbocycles. The summed E-state index contributed by atoms with van der Waals surface area (Å²) in [5.41, 5.74) is 1.23. The first kappa shape index (κ1) is 25.3. The predicted molar refractivity (Wildman–Crippen MR) is 108 cm³/mol. The van der Waals surface area contributed by atoms with Gasteiger partial charge in [0, 0.05) is 37.3 Å². The van der Waals surface area contributed by atoms with Crippen LogP contribution in [0.5, 0.6) is 0 Å². The fourth-order valence-corrected chi connectivity index (χ4v) is 4.43. The highest BCUT2D eigenvalue weighted by atomic mass is 32.2. The SMILES string of the molecule is CS(=O)(=O)c1ccc2c(c1)CN(CN)C2CNc1ccc(C(O)(C(F)(F)F)C(F)(F)F)cc1.